The molecule has 23 heavy (non-hydrogen) atoms. The highest BCUT2D eigenvalue weighted by molar-refractivity contribution is 6.17. The fourth-order valence-electron chi connectivity index (χ4n) is 1.79. The van der Waals surface area contributed by atoms with E-state index < -0.39 is 23.7 Å². The van der Waals surface area contributed by atoms with Crippen LogP contribution in [0.15, 0.2) is 36.4 Å². The molecule has 0 saturated carbocycles. The van der Waals surface area contributed by atoms with E-state index in [0.29, 0.717) is 5.56 Å². The second-order valence-electron chi connectivity index (χ2n) is 4.54. The van der Waals surface area contributed by atoms with E-state index in [1.165, 1.54) is 32.3 Å². The van der Waals surface area contributed by atoms with Crippen molar-refractivity contribution in [3.63, 3.8) is 0 Å². The number of hydrogen-bond acceptors (Lipinski definition) is 4. The minimum atomic E-state index is -4.54. The van der Waals surface area contributed by atoms with E-state index >= 15 is 0 Å². The molecule has 124 valence electrons. The number of rotatable bonds is 4. The zero-order valence-electron chi connectivity index (χ0n) is 12.7. The van der Waals surface area contributed by atoms with Crippen LogP contribution in [0.5, 0.6) is 0 Å². The smallest absolute Gasteiger partial charge is 0.416 e. The van der Waals surface area contributed by atoms with Gasteiger partial charge in [0.2, 0.25) is 0 Å². The molecule has 0 unspecified atom stereocenters. The number of carbonyl (C=O) groups is 2. The van der Waals surface area contributed by atoms with Crippen LogP contribution >= 0.6 is 0 Å². The van der Waals surface area contributed by atoms with Crippen LogP contribution in [-0.2, 0) is 25.2 Å². The van der Waals surface area contributed by atoms with Crippen molar-refractivity contribution in [3.8, 4) is 0 Å². The number of hydrogen-bond donors (Lipinski definition) is 0. The predicted molar refractivity (Wildman–Crippen MR) is 77.3 cm³/mol. The molecule has 0 radical (unpaired) electrons. The minimum Gasteiger partial charge on any atom is -0.466 e. The van der Waals surface area contributed by atoms with Crippen LogP contribution in [0, 0.1) is 6.92 Å². The summed E-state index contributed by atoms with van der Waals surface area (Å²) in [4.78, 5) is 22.8. The second-order valence-corrected chi connectivity index (χ2v) is 4.54. The lowest BCUT2D eigenvalue weighted by Gasteiger charge is -2.12. The van der Waals surface area contributed by atoms with E-state index in [1.54, 1.807) is 0 Å². The topological polar surface area (TPSA) is 52.6 Å². The normalized spacial score (nSPS) is 12.3. The third kappa shape index (κ3) is 5.28. The highest BCUT2D eigenvalue weighted by Crippen LogP contribution is 2.32. The van der Waals surface area contributed by atoms with Gasteiger partial charge in [0.25, 0.3) is 0 Å². The predicted octanol–water partition coefficient (Wildman–Crippen LogP) is 3.30. The number of carbonyl (C=O) groups excluding carboxylic acids is 2. The van der Waals surface area contributed by atoms with Gasteiger partial charge < -0.3 is 9.47 Å². The van der Waals surface area contributed by atoms with Crippen molar-refractivity contribution < 1.29 is 32.2 Å². The van der Waals surface area contributed by atoms with Gasteiger partial charge in [-0.3, -0.25) is 0 Å². The molecule has 0 aromatic heterocycles. The van der Waals surface area contributed by atoms with Crippen molar-refractivity contribution in [2.45, 2.75) is 13.1 Å². The van der Waals surface area contributed by atoms with E-state index in [2.05, 4.69) is 9.47 Å². The average molecular weight is 328 g/mol. The molecule has 0 fully saturated rings. The summed E-state index contributed by atoms with van der Waals surface area (Å²) in [6.07, 6.45) is -1.11. The number of esters is 2. The van der Waals surface area contributed by atoms with Crippen LogP contribution in [0.2, 0.25) is 0 Å². The van der Waals surface area contributed by atoms with Crippen LogP contribution in [0.25, 0.3) is 5.57 Å². The number of ether oxygens (including phenoxy) is 2. The Morgan fingerprint density at radius 1 is 1.09 bits per heavy atom. The van der Waals surface area contributed by atoms with Gasteiger partial charge in [-0.05, 0) is 36.3 Å². The number of alkyl halides is 3. The zero-order valence-corrected chi connectivity index (χ0v) is 12.7. The SMILES string of the molecule is COC(=O)/C=C\C=C(\C(=O)OC)c1cc(C)cc(C(F)(F)F)c1. The van der Waals surface area contributed by atoms with Crippen molar-refractivity contribution >= 4 is 17.5 Å². The van der Waals surface area contributed by atoms with Crippen molar-refractivity contribution in [3.05, 3.63) is 53.1 Å². The van der Waals surface area contributed by atoms with E-state index in [4.69, 9.17) is 0 Å². The van der Waals surface area contributed by atoms with Crippen LogP contribution in [0.1, 0.15) is 16.7 Å². The molecular weight excluding hydrogens is 313 g/mol. The molecule has 1 rings (SSSR count). The Labute approximate surface area is 131 Å². The molecule has 0 spiro atoms. The molecule has 0 saturated heterocycles. The average Bonchev–Trinajstić information content (AvgIpc) is 2.49. The van der Waals surface area contributed by atoms with Crippen LogP contribution in [0.3, 0.4) is 0 Å². The van der Waals surface area contributed by atoms with E-state index in [-0.39, 0.29) is 11.1 Å². The van der Waals surface area contributed by atoms with Gasteiger partial charge in [-0.25, -0.2) is 9.59 Å². The maximum Gasteiger partial charge on any atom is 0.416 e. The summed E-state index contributed by atoms with van der Waals surface area (Å²) in [5.74, 6) is -1.48. The number of aryl methyl sites for hydroxylation is 1. The van der Waals surface area contributed by atoms with Crippen molar-refractivity contribution in [1.82, 2.24) is 0 Å². The Kier molecular flexibility index (Phi) is 6.12. The highest BCUT2D eigenvalue weighted by atomic mass is 19.4. The van der Waals surface area contributed by atoms with Crippen molar-refractivity contribution in [2.75, 3.05) is 14.2 Å². The second kappa shape index (κ2) is 7.62. The minimum absolute atomic E-state index is 0.0405. The van der Waals surface area contributed by atoms with Crippen molar-refractivity contribution in [1.29, 1.82) is 0 Å². The van der Waals surface area contributed by atoms with Crippen LogP contribution < -0.4 is 0 Å². The lowest BCUT2D eigenvalue weighted by atomic mass is 9.99. The fourth-order valence-corrected chi connectivity index (χ4v) is 1.79. The van der Waals surface area contributed by atoms with Gasteiger partial charge in [-0.2, -0.15) is 13.2 Å². The molecule has 0 aliphatic rings. The number of benzene rings is 1. The molecule has 0 amide bonds. The Morgan fingerprint density at radius 2 is 1.74 bits per heavy atom. The molecule has 0 heterocycles. The molecule has 0 aliphatic carbocycles. The van der Waals surface area contributed by atoms with Gasteiger partial charge in [0, 0.05) is 6.08 Å². The molecular formula is C16H15F3O4. The maximum absolute atomic E-state index is 12.9. The zero-order chi connectivity index (χ0) is 17.6. The Morgan fingerprint density at radius 3 is 2.26 bits per heavy atom. The van der Waals surface area contributed by atoms with Gasteiger partial charge in [0.15, 0.2) is 0 Å². The first-order valence-electron chi connectivity index (χ1n) is 6.43. The molecule has 1 aromatic carbocycles. The molecule has 0 aliphatic heterocycles. The summed E-state index contributed by atoms with van der Waals surface area (Å²) in [7, 11) is 2.29. The summed E-state index contributed by atoms with van der Waals surface area (Å²) in [6.45, 7) is 1.48. The van der Waals surface area contributed by atoms with Gasteiger partial charge >= 0.3 is 18.1 Å². The Balaban J connectivity index is 3.36. The van der Waals surface area contributed by atoms with Crippen LogP contribution in [0.4, 0.5) is 13.2 Å². The highest BCUT2D eigenvalue weighted by Gasteiger charge is 2.31. The van der Waals surface area contributed by atoms with Gasteiger partial charge in [0.05, 0.1) is 25.4 Å². The number of methoxy groups -OCH3 is 2. The molecule has 0 bridgehead atoms. The Bertz CT molecular complexity index is 658. The number of halogens is 3. The molecule has 7 heteroatoms. The van der Waals surface area contributed by atoms with E-state index in [9.17, 15) is 22.8 Å². The first kappa shape index (κ1) is 18.5. The summed E-state index contributed by atoms with van der Waals surface area (Å²) in [6, 6.07) is 3.24. The molecule has 1 aromatic rings. The quantitative estimate of drug-likeness (QED) is 0.483. The molecule has 0 atom stereocenters. The largest absolute Gasteiger partial charge is 0.466 e. The van der Waals surface area contributed by atoms with E-state index in [0.717, 1.165) is 25.3 Å². The first-order chi connectivity index (χ1) is 10.7. The van der Waals surface area contributed by atoms with Gasteiger partial charge in [-0.1, -0.05) is 12.1 Å². The van der Waals surface area contributed by atoms with Gasteiger partial charge in [0.1, 0.15) is 0 Å². The lowest BCUT2D eigenvalue weighted by molar-refractivity contribution is -0.138. The van der Waals surface area contributed by atoms with Crippen LogP contribution in [-0.4, -0.2) is 26.2 Å². The fraction of sp³-hybridized carbons (Fsp3) is 0.250. The lowest BCUT2D eigenvalue weighted by Crippen LogP contribution is -2.09. The first-order valence-corrected chi connectivity index (χ1v) is 6.43. The number of allylic oxidation sites excluding steroid dienone is 2. The molecule has 4 nitrogen and oxygen atoms in total. The maximum atomic E-state index is 12.9. The summed E-state index contributed by atoms with van der Waals surface area (Å²) in [5.41, 5.74) is -0.610. The summed E-state index contributed by atoms with van der Waals surface area (Å²) < 4.78 is 47.6. The van der Waals surface area contributed by atoms with Crippen molar-refractivity contribution in [2.24, 2.45) is 0 Å². The standard InChI is InChI=1S/C16H15F3O4/c1-10-7-11(9-12(8-10)16(17,18)19)13(15(21)23-3)5-4-6-14(20)22-2/h4-9H,1-3H3/b6-4-,13-5+. The third-order valence-corrected chi connectivity index (χ3v) is 2.82. The Hall–Kier alpha value is -2.57. The molecule has 0 N–H and O–H groups in total. The third-order valence-electron chi connectivity index (χ3n) is 2.82. The van der Waals surface area contributed by atoms with Gasteiger partial charge in [-0.15, -0.1) is 0 Å². The monoisotopic (exact) mass is 328 g/mol. The summed E-state index contributed by atoms with van der Waals surface area (Å²) >= 11 is 0. The van der Waals surface area contributed by atoms with E-state index in [1.807, 2.05) is 0 Å². The summed E-state index contributed by atoms with van der Waals surface area (Å²) in [5, 5.41) is 0.